The van der Waals surface area contributed by atoms with Crippen LogP contribution in [0.15, 0.2) is 48.5 Å². The van der Waals surface area contributed by atoms with Gasteiger partial charge in [0.15, 0.2) is 0 Å². The molecule has 3 rings (SSSR count). The maximum Gasteiger partial charge on any atom is 0.0249 e. The number of rotatable bonds is 9. The van der Waals surface area contributed by atoms with Crippen molar-refractivity contribution in [1.29, 1.82) is 0 Å². The monoisotopic (exact) mass is 438 g/mol. The molecule has 0 bridgehead atoms. The van der Waals surface area contributed by atoms with Gasteiger partial charge in [0.1, 0.15) is 0 Å². The molecule has 1 fully saturated rings. The Balaban J connectivity index is 1.42. The average molecular weight is 439 g/mol. The molecule has 33 heavy (non-hydrogen) atoms. The third-order valence-electron chi connectivity index (χ3n) is 7.10. The maximum atomic E-state index is 3.31. The molecular formula is C33H42. The molecule has 174 valence electrons. The highest BCUT2D eigenvalue weighted by molar-refractivity contribution is 5.46. The van der Waals surface area contributed by atoms with E-state index >= 15 is 0 Å². The zero-order valence-corrected chi connectivity index (χ0v) is 21.0. The maximum absolute atomic E-state index is 3.31. The molecule has 2 aromatic rings. The summed E-state index contributed by atoms with van der Waals surface area (Å²) in [5, 5.41) is 0. The smallest absolute Gasteiger partial charge is 0.0249 e. The van der Waals surface area contributed by atoms with Gasteiger partial charge in [-0.2, -0.15) is 0 Å². The van der Waals surface area contributed by atoms with Gasteiger partial charge in [0.25, 0.3) is 0 Å². The number of aryl methyl sites for hydroxylation is 1. The van der Waals surface area contributed by atoms with E-state index in [1.807, 2.05) is 0 Å². The summed E-state index contributed by atoms with van der Waals surface area (Å²) in [5.41, 5.74) is 4.67. The SMILES string of the molecule is CCCCCC#Cc1ccc(C#Cc2ccc(CCC3CCC(CCCC)CC3)cc2)cc1. The summed E-state index contributed by atoms with van der Waals surface area (Å²) >= 11 is 0. The minimum atomic E-state index is 0.936. The summed E-state index contributed by atoms with van der Waals surface area (Å²) in [6.45, 7) is 4.54. The second kappa shape index (κ2) is 14.7. The second-order valence-electron chi connectivity index (χ2n) is 9.85. The third kappa shape index (κ3) is 9.52. The highest BCUT2D eigenvalue weighted by atomic mass is 14.3. The van der Waals surface area contributed by atoms with E-state index < -0.39 is 0 Å². The first-order valence-electron chi connectivity index (χ1n) is 13.5. The Morgan fingerprint density at radius 3 is 1.70 bits per heavy atom. The molecule has 0 N–H and O–H groups in total. The van der Waals surface area contributed by atoms with Gasteiger partial charge >= 0.3 is 0 Å². The van der Waals surface area contributed by atoms with Crippen LogP contribution in [0, 0.1) is 35.5 Å². The van der Waals surface area contributed by atoms with Gasteiger partial charge in [0.05, 0.1) is 0 Å². The van der Waals surface area contributed by atoms with Crippen LogP contribution < -0.4 is 0 Å². The van der Waals surface area contributed by atoms with Gasteiger partial charge in [-0.25, -0.2) is 0 Å². The van der Waals surface area contributed by atoms with Crippen LogP contribution in [0.1, 0.15) is 113 Å². The van der Waals surface area contributed by atoms with Gasteiger partial charge in [-0.1, -0.05) is 107 Å². The second-order valence-corrected chi connectivity index (χ2v) is 9.85. The topological polar surface area (TPSA) is 0 Å². The fourth-order valence-corrected chi connectivity index (χ4v) is 4.84. The Labute approximate surface area is 203 Å². The van der Waals surface area contributed by atoms with Gasteiger partial charge in [0.2, 0.25) is 0 Å². The summed E-state index contributed by atoms with van der Waals surface area (Å²) in [6, 6.07) is 17.2. The zero-order valence-electron chi connectivity index (χ0n) is 21.0. The van der Waals surface area contributed by atoms with E-state index in [-0.39, 0.29) is 0 Å². The normalized spacial score (nSPS) is 17.5. The fraction of sp³-hybridized carbons (Fsp3) is 0.515. The van der Waals surface area contributed by atoms with E-state index in [1.54, 1.807) is 0 Å². The molecule has 1 aliphatic rings. The van der Waals surface area contributed by atoms with E-state index in [4.69, 9.17) is 0 Å². The predicted octanol–water partition coefficient (Wildman–Crippen LogP) is 8.95. The van der Waals surface area contributed by atoms with E-state index in [2.05, 4.69) is 86.1 Å². The van der Waals surface area contributed by atoms with E-state index in [9.17, 15) is 0 Å². The summed E-state index contributed by atoms with van der Waals surface area (Å²) < 4.78 is 0. The Kier molecular flexibility index (Phi) is 11.2. The largest absolute Gasteiger partial charge is 0.0979 e. The molecule has 0 heteroatoms. The molecular weight excluding hydrogens is 396 g/mol. The third-order valence-corrected chi connectivity index (χ3v) is 7.10. The lowest BCUT2D eigenvalue weighted by Gasteiger charge is -2.28. The van der Waals surface area contributed by atoms with Crippen LogP contribution in [-0.2, 0) is 6.42 Å². The molecule has 1 aliphatic carbocycles. The van der Waals surface area contributed by atoms with Crippen LogP contribution in [0.3, 0.4) is 0 Å². The standard InChI is InChI=1S/C33H42/c1-3-5-7-8-9-11-29-14-18-31(19-15-29)21-23-33-26-24-32(25-27-33)22-20-30-16-12-28(13-17-30)10-6-4-2/h14-15,18-19,24-28,30H,3-8,10,12-13,16-17,20,22H2,1-2H3. The van der Waals surface area contributed by atoms with E-state index in [0.29, 0.717) is 0 Å². The number of unbranched alkanes of at least 4 members (excludes halogenated alkanes) is 4. The Hall–Kier alpha value is -2.44. The van der Waals surface area contributed by atoms with Gasteiger partial charge in [-0.3, -0.25) is 0 Å². The summed E-state index contributed by atoms with van der Waals surface area (Å²) in [6.07, 6.45) is 17.3. The lowest BCUT2D eigenvalue weighted by atomic mass is 9.78. The number of benzene rings is 2. The lowest BCUT2D eigenvalue weighted by molar-refractivity contribution is 0.250. The Bertz CT molecular complexity index is 916. The molecule has 0 saturated heterocycles. The molecule has 2 aromatic carbocycles. The van der Waals surface area contributed by atoms with Crippen molar-refractivity contribution < 1.29 is 0 Å². The van der Waals surface area contributed by atoms with Crippen molar-refractivity contribution in [2.45, 2.75) is 97.3 Å². The van der Waals surface area contributed by atoms with Crippen molar-refractivity contribution in [1.82, 2.24) is 0 Å². The average Bonchev–Trinajstić information content (AvgIpc) is 2.87. The molecule has 0 aliphatic heterocycles. The van der Waals surface area contributed by atoms with Crippen LogP contribution in [0.5, 0.6) is 0 Å². The highest BCUT2D eigenvalue weighted by Crippen LogP contribution is 2.34. The van der Waals surface area contributed by atoms with Gasteiger partial charge in [0, 0.05) is 23.1 Å². The summed E-state index contributed by atoms with van der Waals surface area (Å²) in [4.78, 5) is 0. The van der Waals surface area contributed by atoms with E-state index in [0.717, 1.165) is 34.9 Å². The Morgan fingerprint density at radius 1 is 0.606 bits per heavy atom. The molecule has 0 unspecified atom stereocenters. The molecule has 1 saturated carbocycles. The summed E-state index contributed by atoms with van der Waals surface area (Å²) in [7, 11) is 0. The molecule has 0 aromatic heterocycles. The first kappa shape index (κ1) is 25.2. The van der Waals surface area contributed by atoms with Crippen LogP contribution >= 0.6 is 0 Å². The quantitative estimate of drug-likeness (QED) is 0.271. The van der Waals surface area contributed by atoms with Crippen molar-refractivity contribution in [3.8, 4) is 23.7 Å². The molecule has 0 heterocycles. The molecule has 0 spiro atoms. The number of hydrogen-bond donors (Lipinski definition) is 0. The van der Waals surface area contributed by atoms with Gasteiger partial charge in [-0.05, 0) is 73.1 Å². The Morgan fingerprint density at radius 2 is 1.12 bits per heavy atom. The minimum absolute atomic E-state index is 0.936. The van der Waals surface area contributed by atoms with Crippen molar-refractivity contribution in [2.24, 2.45) is 11.8 Å². The van der Waals surface area contributed by atoms with Gasteiger partial charge in [-0.15, -0.1) is 0 Å². The van der Waals surface area contributed by atoms with Gasteiger partial charge < -0.3 is 0 Å². The van der Waals surface area contributed by atoms with Crippen molar-refractivity contribution >= 4 is 0 Å². The number of hydrogen-bond acceptors (Lipinski definition) is 0. The predicted molar refractivity (Wildman–Crippen MR) is 143 cm³/mol. The summed E-state index contributed by atoms with van der Waals surface area (Å²) in [5.74, 6) is 15.1. The van der Waals surface area contributed by atoms with E-state index in [1.165, 1.54) is 82.6 Å². The lowest BCUT2D eigenvalue weighted by Crippen LogP contribution is -2.15. The van der Waals surface area contributed by atoms with Crippen molar-refractivity contribution in [3.63, 3.8) is 0 Å². The minimum Gasteiger partial charge on any atom is -0.0979 e. The molecule has 0 amide bonds. The van der Waals surface area contributed by atoms with Crippen LogP contribution in [0.25, 0.3) is 0 Å². The van der Waals surface area contributed by atoms with Crippen LogP contribution in [-0.4, -0.2) is 0 Å². The molecule has 0 nitrogen and oxygen atoms in total. The fourth-order valence-electron chi connectivity index (χ4n) is 4.84. The first-order chi connectivity index (χ1) is 16.3. The molecule has 0 radical (unpaired) electrons. The van der Waals surface area contributed by atoms with Crippen LogP contribution in [0.2, 0.25) is 0 Å². The van der Waals surface area contributed by atoms with Crippen LogP contribution in [0.4, 0.5) is 0 Å². The van der Waals surface area contributed by atoms with Crippen molar-refractivity contribution in [3.05, 3.63) is 70.8 Å². The molecule has 0 atom stereocenters. The highest BCUT2D eigenvalue weighted by Gasteiger charge is 2.20. The van der Waals surface area contributed by atoms with Crippen molar-refractivity contribution in [2.75, 3.05) is 0 Å². The first-order valence-corrected chi connectivity index (χ1v) is 13.5. The zero-order chi connectivity index (χ0) is 23.1.